The lowest BCUT2D eigenvalue weighted by molar-refractivity contribution is -0.120. The van der Waals surface area contributed by atoms with Crippen LogP contribution >= 0.6 is 11.3 Å². The van der Waals surface area contributed by atoms with Gasteiger partial charge in [0.2, 0.25) is 5.91 Å². The highest BCUT2D eigenvalue weighted by Gasteiger charge is 2.27. The number of anilines is 2. The molecule has 27 heavy (non-hydrogen) atoms. The van der Waals surface area contributed by atoms with E-state index in [1.165, 1.54) is 23.5 Å². The maximum absolute atomic E-state index is 13.1. The lowest BCUT2D eigenvalue weighted by atomic mass is 10.2. The number of fused-ring (bicyclic) bond motifs is 1. The topological polar surface area (TPSA) is 57.7 Å². The molecular weight excluding hydrogens is 367 g/mol. The summed E-state index contributed by atoms with van der Waals surface area (Å²) in [5.74, 6) is -0.254. The van der Waals surface area contributed by atoms with Crippen molar-refractivity contribution in [3.8, 4) is 0 Å². The molecule has 1 atom stereocenters. The van der Waals surface area contributed by atoms with Crippen molar-refractivity contribution in [2.45, 2.75) is 26.0 Å². The third-order valence-corrected chi connectivity index (χ3v) is 6.14. The van der Waals surface area contributed by atoms with Crippen molar-refractivity contribution < 1.29 is 13.9 Å². The van der Waals surface area contributed by atoms with Crippen LogP contribution in [0.2, 0.25) is 0 Å². The van der Waals surface area contributed by atoms with E-state index >= 15 is 0 Å². The van der Waals surface area contributed by atoms with Crippen molar-refractivity contribution >= 4 is 28.1 Å². The summed E-state index contributed by atoms with van der Waals surface area (Å²) < 4.78 is 18.5. The standard InChI is InChI=1S/C19H23FN4O2S/c1-13(18(25)22-19-21-16-6-11-26-12-17(16)27-19)23-7-9-24(10-8-23)15-4-2-14(20)3-5-15/h2-5,13H,6-12H2,1H3,(H,21,22,25). The number of nitrogens with zero attached hydrogens (tertiary/aromatic N) is 3. The normalized spacial score (nSPS) is 18.8. The molecule has 0 bridgehead atoms. The number of aromatic nitrogens is 1. The highest BCUT2D eigenvalue weighted by Crippen LogP contribution is 2.27. The van der Waals surface area contributed by atoms with Gasteiger partial charge in [0.05, 0.1) is 29.8 Å². The van der Waals surface area contributed by atoms with Crippen LogP contribution in [0.15, 0.2) is 24.3 Å². The molecule has 1 unspecified atom stereocenters. The van der Waals surface area contributed by atoms with Crippen molar-refractivity contribution in [1.29, 1.82) is 0 Å². The second kappa shape index (κ2) is 7.92. The summed E-state index contributed by atoms with van der Waals surface area (Å²) in [6.07, 6.45) is 0.808. The van der Waals surface area contributed by atoms with E-state index in [2.05, 4.69) is 20.1 Å². The van der Waals surface area contributed by atoms with E-state index in [-0.39, 0.29) is 17.8 Å². The molecule has 0 aliphatic carbocycles. The first-order valence-corrected chi connectivity index (χ1v) is 10.0. The summed E-state index contributed by atoms with van der Waals surface area (Å²) in [6, 6.07) is 6.34. The molecule has 1 amide bonds. The van der Waals surface area contributed by atoms with Crippen LogP contribution in [0.25, 0.3) is 0 Å². The number of ether oxygens (including phenoxy) is 1. The fraction of sp³-hybridized carbons (Fsp3) is 0.474. The number of carbonyl (C=O) groups excluding carboxylic acids is 1. The van der Waals surface area contributed by atoms with Gasteiger partial charge < -0.3 is 15.0 Å². The molecule has 2 aliphatic rings. The van der Waals surface area contributed by atoms with Gasteiger partial charge in [-0.1, -0.05) is 11.3 Å². The van der Waals surface area contributed by atoms with Crippen molar-refractivity contribution in [2.75, 3.05) is 43.0 Å². The van der Waals surface area contributed by atoms with E-state index in [4.69, 9.17) is 4.74 Å². The minimum Gasteiger partial charge on any atom is -0.375 e. The van der Waals surface area contributed by atoms with Crippen LogP contribution in [0.4, 0.5) is 15.2 Å². The zero-order valence-electron chi connectivity index (χ0n) is 15.3. The predicted molar refractivity (Wildman–Crippen MR) is 104 cm³/mol. The van der Waals surface area contributed by atoms with Gasteiger partial charge in [0.15, 0.2) is 5.13 Å². The molecule has 0 radical (unpaired) electrons. The van der Waals surface area contributed by atoms with E-state index in [1.807, 2.05) is 6.92 Å². The Morgan fingerprint density at radius 1 is 1.26 bits per heavy atom. The molecule has 2 aromatic rings. The average Bonchev–Trinajstić information content (AvgIpc) is 3.10. The Labute approximate surface area is 161 Å². The summed E-state index contributed by atoms with van der Waals surface area (Å²) in [5, 5.41) is 3.62. The maximum Gasteiger partial charge on any atom is 0.243 e. The molecular formula is C19H23FN4O2S. The number of thiazole rings is 1. The SMILES string of the molecule is CC(C(=O)Nc1nc2c(s1)COCC2)N1CCN(c2ccc(F)cc2)CC1. The molecule has 144 valence electrons. The molecule has 3 heterocycles. The van der Waals surface area contributed by atoms with Gasteiger partial charge in [0, 0.05) is 38.3 Å². The molecule has 8 heteroatoms. The van der Waals surface area contributed by atoms with Gasteiger partial charge in [-0.2, -0.15) is 0 Å². The van der Waals surface area contributed by atoms with Crippen LogP contribution in [-0.4, -0.2) is 54.6 Å². The van der Waals surface area contributed by atoms with Crippen LogP contribution in [-0.2, 0) is 22.6 Å². The smallest absolute Gasteiger partial charge is 0.243 e. The Morgan fingerprint density at radius 3 is 2.70 bits per heavy atom. The van der Waals surface area contributed by atoms with Gasteiger partial charge >= 0.3 is 0 Å². The number of carbonyl (C=O) groups is 1. The third kappa shape index (κ3) is 4.12. The molecule has 0 saturated carbocycles. The monoisotopic (exact) mass is 390 g/mol. The van der Waals surface area contributed by atoms with E-state index in [9.17, 15) is 9.18 Å². The largest absolute Gasteiger partial charge is 0.375 e. The molecule has 1 fully saturated rings. The first-order valence-electron chi connectivity index (χ1n) is 9.22. The fourth-order valence-corrected chi connectivity index (χ4v) is 4.42. The molecule has 1 saturated heterocycles. The van der Waals surface area contributed by atoms with Crippen LogP contribution in [0.5, 0.6) is 0 Å². The third-order valence-electron chi connectivity index (χ3n) is 5.16. The van der Waals surface area contributed by atoms with Crippen molar-refractivity contribution in [3.05, 3.63) is 40.7 Å². The van der Waals surface area contributed by atoms with Crippen molar-refractivity contribution in [2.24, 2.45) is 0 Å². The molecule has 6 nitrogen and oxygen atoms in total. The van der Waals surface area contributed by atoms with Gasteiger partial charge in [-0.15, -0.1) is 0 Å². The number of nitrogens with one attached hydrogen (secondary N) is 1. The summed E-state index contributed by atoms with van der Waals surface area (Å²) in [6.45, 7) is 6.41. The Hall–Kier alpha value is -2.03. The molecule has 2 aliphatic heterocycles. The first kappa shape index (κ1) is 18.3. The number of benzene rings is 1. The van der Waals surface area contributed by atoms with E-state index in [0.29, 0.717) is 18.3 Å². The highest BCUT2D eigenvalue weighted by molar-refractivity contribution is 7.15. The molecule has 4 rings (SSSR count). The van der Waals surface area contributed by atoms with Crippen LogP contribution in [0, 0.1) is 5.82 Å². The van der Waals surface area contributed by atoms with Crippen molar-refractivity contribution in [3.63, 3.8) is 0 Å². The number of amides is 1. The summed E-state index contributed by atoms with van der Waals surface area (Å²) in [7, 11) is 0. The van der Waals surface area contributed by atoms with Gasteiger partial charge in [0.1, 0.15) is 5.82 Å². The van der Waals surface area contributed by atoms with Gasteiger partial charge in [-0.25, -0.2) is 9.37 Å². The Bertz CT molecular complexity index is 779. The van der Waals surface area contributed by atoms with Gasteiger partial charge in [-0.3, -0.25) is 9.69 Å². The minimum atomic E-state index is -0.224. The lowest BCUT2D eigenvalue weighted by Crippen LogP contribution is -2.52. The molecule has 0 spiro atoms. The fourth-order valence-electron chi connectivity index (χ4n) is 3.47. The Kier molecular flexibility index (Phi) is 5.38. The zero-order valence-corrected chi connectivity index (χ0v) is 16.1. The molecule has 1 N–H and O–H groups in total. The highest BCUT2D eigenvalue weighted by atomic mass is 32.1. The zero-order chi connectivity index (χ0) is 18.8. The van der Waals surface area contributed by atoms with Crippen LogP contribution in [0.1, 0.15) is 17.5 Å². The maximum atomic E-state index is 13.1. The van der Waals surface area contributed by atoms with Gasteiger partial charge in [-0.05, 0) is 31.2 Å². The Morgan fingerprint density at radius 2 is 2.00 bits per heavy atom. The summed E-state index contributed by atoms with van der Waals surface area (Å²) in [5.41, 5.74) is 2.06. The lowest BCUT2D eigenvalue weighted by Gasteiger charge is -2.38. The first-order chi connectivity index (χ1) is 13.1. The second-order valence-electron chi connectivity index (χ2n) is 6.86. The predicted octanol–water partition coefficient (Wildman–Crippen LogP) is 2.50. The quantitative estimate of drug-likeness (QED) is 0.869. The van der Waals surface area contributed by atoms with E-state index < -0.39 is 0 Å². The molecule has 1 aromatic carbocycles. The number of halogens is 1. The second-order valence-corrected chi connectivity index (χ2v) is 7.94. The number of rotatable bonds is 4. The number of piperazine rings is 1. The Balaban J connectivity index is 1.32. The van der Waals surface area contributed by atoms with E-state index in [1.54, 1.807) is 12.1 Å². The van der Waals surface area contributed by atoms with Crippen LogP contribution < -0.4 is 10.2 Å². The van der Waals surface area contributed by atoms with Crippen LogP contribution in [0.3, 0.4) is 0 Å². The number of hydrogen-bond donors (Lipinski definition) is 1. The summed E-state index contributed by atoms with van der Waals surface area (Å²) >= 11 is 1.50. The number of hydrogen-bond acceptors (Lipinski definition) is 6. The average molecular weight is 390 g/mol. The molecule has 1 aromatic heterocycles. The van der Waals surface area contributed by atoms with E-state index in [0.717, 1.165) is 48.9 Å². The minimum absolute atomic E-state index is 0.0303. The van der Waals surface area contributed by atoms with Gasteiger partial charge in [0.25, 0.3) is 0 Å². The van der Waals surface area contributed by atoms with Crippen molar-refractivity contribution in [1.82, 2.24) is 9.88 Å². The summed E-state index contributed by atoms with van der Waals surface area (Å²) in [4.78, 5) is 22.7.